The second-order valence-corrected chi connectivity index (χ2v) is 10.2. The lowest BCUT2D eigenvalue weighted by Gasteiger charge is -2.29. The van der Waals surface area contributed by atoms with Crippen molar-refractivity contribution in [3.05, 3.63) is 152 Å². The standard InChI is InChI=1S/C38H25NO/c1-3-13-26(14-4-1)30-19-11-12-22-34(30)39(29-17-5-2-6-18-29)35-25-37-38(32-21-10-9-20-31(32)35)33-23-27-15-7-8-16-28(27)24-36(33)40-37/h1-25H. The van der Waals surface area contributed by atoms with Crippen molar-refractivity contribution >= 4 is 60.5 Å². The van der Waals surface area contributed by atoms with Crippen molar-refractivity contribution in [3.8, 4) is 11.1 Å². The molecule has 2 heteroatoms. The van der Waals surface area contributed by atoms with Crippen molar-refractivity contribution in [3.63, 3.8) is 0 Å². The minimum absolute atomic E-state index is 0.886. The maximum Gasteiger partial charge on any atom is 0.138 e. The largest absolute Gasteiger partial charge is 0.456 e. The van der Waals surface area contributed by atoms with Crippen LogP contribution >= 0.6 is 0 Å². The summed E-state index contributed by atoms with van der Waals surface area (Å²) in [5.41, 5.74) is 7.45. The van der Waals surface area contributed by atoms with Crippen LogP contribution in [0.25, 0.3) is 54.6 Å². The molecule has 0 bridgehead atoms. The van der Waals surface area contributed by atoms with E-state index < -0.39 is 0 Å². The molecule has 0 aliphatic carbocycles. The fourth-order valence-electron chi connectivity index (χ4n) is 6.01. The number of fused-ring (bicyclic) bond motifs is 6. The van der Waals surface area contributed by atoms with E-state index in [0.29, 0.717) is 0 Å². The molecule has 8 aromatic rings. The smallest absolute Gasteiger partial charge is 0.138 e. The summed E-state index contributed by atoms with van der Waals surface area (Å²) in [7, 11) is 0. The summed E-state index contributed by atoms with van der Waals surface area (Å²) in [5, 5.41) is 7.06. The van der Waals surface area contributed by atoms with Crippen LogP contribution < -0.4 is 4.90 Å². The second kappa shape index (κ2) is 9.14. The minimum atomic E-state index is 0.886. The minimum Gasteiger partial charge on any atom is -0.456 e. The van der Waals surface area contributed by atoms with E-state index >= 15 is 0 Å². The molecule has 1 aromatic heterocycles. The predicted octanol–water partition coefficient (Wildman–Crippen LogP) is 11.0. The van der Waals surface area contributed by atoms with E-state index in [-0.39, 0.29) is 0 Å². The van der Waals surface area contributed by atoms with Gasteiger partial charge >= 0.3 is 0 Å². The zero-order valence-corrected chi connectivity index (χ0v) is 21.8. The summed E-state index contributed by atoms with van der Waals surface area (Å²) in [5.74, 6) is 0. The molecular formula is C38H25NO. The maximum atomic E-state index is 6.62. The van der Waals surface area contributed by atoms with Gasteiger partial charge in [0.05, 0.1) is 11.4 Å². The van der Waals surface area contributed by atoms with Gasteiger partial charge in [0.1, 0.15) is 11.2 Å². The first kappa shape index (κ1) is 22.6. The molecule has 0 atom stereocenters. The molecule has 0 aliphatic rings. The van der Waals surface area contributed by atoms with E-state index in [4.69, 9.17) is 4.42 Å². The summed E-state index contributed by atoms with van der Waals surface area (Å²) in [4.78, 5) is 2.37. The number of nitrogens with zero attached hydrogens (tertiary/aromatic N) is 1. The van der Waals surface area contributed by atoms with Crippen LogP contribution in [0.3, 0.4) is 0 Å². The third kappa shape index (κ3) is 3.58. The lowest BCUT2D eigenvalue weighted by atomic mass is 9.98. The molecule has 0 saturated carbocycles. The van der Waals surface area contributed by atoms with E-state index in [1.54, 1.807) is 0 Å². The molecule has 1 heterocycles. The van der Waals surface area contributed by atoms with E-state index in [1.807, 2.05) is 0 Å². The Morgan fingerprint density at radius 1 is 0.425 bits per heavy atom. The van der Waals surface area contributed by atoms with Crippen molar-refractivity contribution in [1.29, 1.82) is 0 Å². The molecular weight excluding hydrogens is 486 g/mol. The first-order chi connectivity index (χ1) is 19.8. The van der Waals surface area contributed by atoms with Crippen molar-refractivity contribution in [2.75, 3.05) is 4.90 Å². The highest BCUT2D eigenvalue weighted by molar-refractivity contribution is 6.24. The van der Waals surface area contributed by atoms with Crippen molar-refractivity contribution in [1.82, 2.24) is 0 Å². The van der Waals surface area contributed by atoms with Crippen LogP contribution in [0, 0.1) is 0 Å². The second-order valence-electron chi connectivity index (χ2n) is 10.2. The summed E-state index contributed by atoms with van der Waals surface area (Å²) >= 11 is 0. The van der Waals surface area contributed by atoms with Crippen LogP contribution in [-0.2, 0) is 0 Å². The monoisotopic (exact) mass is 511 g/mol. The fraction of sp³-hybridized carbons (Fsp3) is 0. The molecule has 40 heavy (non-hydrogen) atoms. The molecule has 188 valence electrons. The van der Waals surface area contributed by atoms with Crippen molar-refractivity contribution in [2.24, 2.45) is 0 Å². The molecule has 0 fully saturated rings. The van der Waals surface area contributed by atoms with Gasteiger partial charge in [-0.3, -0.25) is 0 Å². The Balaban J connectivity index is 1.47. The third-order valence-corrected chi connectivity index (χ3v) is 7.81. The van der Waals surface area contributed by atoms with Crippen LogP contribution in [0.4, 0.5) is 17.1 Å². The Labute approximate surface area is 232 Å². The van der Waals surface area contributed by atoms with Gasteiger partial charge in [-0.05, 0) is 52.1 Å². The average molecular weight is 512 g/mol. The van der Waals surface area contributed by atoms with Gasteiger partial charge in [-0.2, -0.15) is 0 Å². The third-order valence-electron chi connectivity index (χ3n) is 7.81. The summed E-state index contributed by atoms with van der Waals surface area (Å²) in [6.07, 6.45) is 0. The van der Waals surface area contributed by atoms with Crippen LogP contribution in [0.5, 0.6) is 0 Å². The summed E-state index contributed by atoms with van der Waals surface area (Å²) < 4.78 is 6.62. The highest BCUT2D eigenvalue weighted by Crippen LogP contribution is 2.47. The first-order valence-corrected chi connectivity index (χ1v) is 13.6. The number of furan rings is 1. The van der Waals surface area contributed by atoms with Gasteiger partial charge in [-0.15, -0.1) is 0 Å². The van der Waals surface area contributed by atoms with Gasteiger partial charge in [0.15, 0.2) is 0 Å². The number of benzene rings is 7. The number of rotatable bonds is 4. The number of hydrogen-bond acceptors (Lipinski definition) is 2. The van der Waals surface area contributed by atoms with Crippen LogP contribution in [0.1, 0.15) is 0 Å². The molecule has 0 spiro atoms. The van der Waals surface area contributed by atoms with Crippen LogP contribution in [-0.4, -0.2) is 0 Å². The van der Waals surface area contributed by atoms with Crippen LogP contribution in [0.15, 0.2) is 156 Å². The van der Waals surface area contributed by atoms with Gasteiger partial charge in [0.2, 0.25) is 0 Å². The van der Waals surface area contributed by atoms with Crippen molar-refractivity contribution in [2.45, 2.75) is 0 Å². The molecule has 0 amide bonds. The topological polar surface area (TPSA) is 16.4 Å². The zero-order chi connectivity index (χ0) is 26.5. The van der Waals surface area contributed by atoms with Gasteiger partial charge in [-0.25, -0.2) is 0 Å². The number of anilines is 3. The van der Waals surface area contributed by atoms with Gasteiger partial charge in [-0.1, -0.05) is 115 Å². The SMILES string of the molecule is c1ccc(-c2ccccc2N(c2ccccc2)c2cc3oc4cc5ccccc5cc4c3c3ccccc23)cc1. The number of para-hydroxylation sites is 2. The fourth-order valence-corrected chi connectivity index (χ4v) is 6.01. The maximum absolute atomic E-state index is 6.62. The van der Waals surface area contributed by atoms with E-state index in [2.05, 4.69) is 157 Å². The first-order valence-electron chi connectivity index (χ1n) is 13.6. The Bertz CT molecular complexity index is 2160. The zero-order valence-electron chi connectivity index (χ0n) is 21.8. The molecule has 0 N–H and O–H groups in total. The van der Waals surface area contributed by atoms with Crippen molar-refractivity contribution < 1.29 is 4.42 Å². The molecule has 0 unspecified atom stereocenters. The average Bonchev–Trinajstić information content (AvgIpc) is 3.38. The highest BCUT2D eigenvalue weighted by atomic mass is 16.3. The molecule has 2 nitrogen and oxygen atoms in total. The Morgan fingerprint density at radius 2 is 1.05 bits per heavy atom. The van der Waals surface area contributed by atoms with Gasteiger partial charge < -0.3 is 9.32 Å². The van der Waals surface area contributed by atoms with E-state index in [0.717, 1.165) is 39.0 Å². The molecule has 0 saturated heterocycles. The molecule has 7 aromatic carbocycles. The lowest BCUT2D eigenvalue weighted by Crippen LogP contribution is -2.11. The Morgan fingerprint density at radius 3 is 1.85 bits per heavy atom. The Hall–Kier alpha value is -5.34. The Kier molecular flexibility index (Phi) is 5.17. The van der Waals surface area contributed by atoms with E-state index in [9.17, 15) is 0 Å². The van der Waals surface area contributed by atoms with Gasteiger partial charge in [0.25, 0.3) is 0 Å². The molecule has 0 aliphatic heterocycles. The molecule has 0 radical (unpaired) electrons. The van der Waals surface area contributed by atoms with E-state index in [1.165, 1.54) is 32.7 Å². The van der Waals surface area contributed by atoms with Gasteiger partial charge in [0, 0.05) is 33.5 Å². The highest BCUT2D eigenvalue weighted by Gasteiger charge is 2.22. The summed E-state index contributed by atoms with van der Waals surface area (Å²) in [6.45, 7) is 0. The van der Waals surface area contributed by atoms with Crippen LogP contribution in [0.2, 0.25) is 0 Å². The quantitative estimate of drug-likeness (QED) is 0.234. The lowest BCUT2D eigenvalue weighted by molar-refractivity contribution is 0.670. The predicted molar refractivity (Wildman–Crippen MR) is 169 cm³/mol. The normalized spacial score (nSPS) is 11.5. The number of hydrogen-bond donors (Lipinski definition) is 0. The summed E-state index contributed by atoms with van der Waals surface area (Å²) in [6, 6.07) is 53.7. The molecule has 8 rings (SSSR count).